The van der Waals surface area contributed by atoms with Gasteiger partial charge in [0.1, 0.15) is 13.2 Å². The minimum Gasteiger partial charge on any atom is -0.486 e. The minimum atomic E-state index is 0.384. The van der Waals surface area contributed by atoms with Crippen molar-refractivity contribution in [3.63, 3.8) is 0 Å². The Morgan fingerprint density at radius 1 is 0.967 bits per heavy atom. The van der Waals surface area contributed by atoms with Gasteiger partial charge in [-0.15, -0.1) is 0 Å². The van der Waals surface area contributed by atoms with Crippen LogP contribution < -0.4 is 14.2 Å². The Morgan fingerprint density at radius 3 is 2.50 bits per heavy atom. The molecule has 6 nitrogen and oxygen atoms in total. The molecule has 1 atom stereocenters. The van der Waals surface area contributed by atoms with Gasteiger partial charge >= 0.3 is 6.01 Å². The summed E-state index contributed by atoms with van der Waals surface area (Å²) in [6.45, 7) is 3.28. The zero-order valence-electron chi connectivity index (χ0n) is 17.1. The first kappa shape index (κ1) is 18.9. The molecule has 30 heavy (non-hydrogen) atoms. The first-order valence-corrected chi connectivity index (χ1v) is 10.4. The predicted molar refractivity (Wildman–Crippen MR) is 114 cm³/mol. The first-order valence-electron chi connectivity index (χ1n) is 10.4. The van der Waals surface area contributed by atoms with E-state index in [2.05, 4.69) is 51.3 Å². The Kier molecular flexibility index (Phi) is 5.24. The van der Waals surface area contributed by atoms with Crippen LogP contribution in [0, 0.1) is 0 Å². The van der Waals surface area contributed by atoms with Crippen LogP contribution in [0.4, 0.5) is 0 Å². The molecular weight excluding hydrogens is 378 g/mol. The fourth-order valence-corrected chi connectivity index (χ4v) is 4.27. The zero-order valence-corrected chi connectivity index (χ0v) is 17.1. The number of hydrogen-bond donors (Lipinski definition) is 0. The smallest absolute Gasteiger partial charge is 0.316 e. The zero-order chi connectivity index (χ0) is 20.3. The highest BCUT2D eigenvalue weighted by Gasteiger charge is 2.27. The number of benzene rings is 2. The van der Waals surface area contributed by atoms with Crippen LogP contribution in [-0.4, -0.2) is 41.7 Å². The Bertz CT molecular complexity index is 1010. The van der Waals surface area contributed by atoms with Crippen molar-refractivity contribution < 1.29 is 14.2 Å². The minimum absolute atomic E-state index is 0.384. The number of likely N-dealkylation sites (tertiary alicyclic amines) is 1. The molecule has 6 heteroatoms. The summed E-state index contributed by atoms with van der Waals surface area (Å²) < 4.78 is 16.5. The third-order valence-corrected chi connectivity index (χ3v) is 5.80. The second-order valence-corrected chi connectivity index (χ2v) is 7.69. The number of fused-ring (bicyclic) bond motifs is 1. The summed E-state index contributed by atoms with van der Waals surface area (Å²) >= 11 is 0. The summed E-state index contributed by atoms with van der Waals surface area (Å²) in [4.78, 5) is 10.9. The highest BCUT2D eigenvalue weighted by molar-refractivity contribution is 5.61. The number of rotatable bonds is 5. The van der Waals surface area contributed by atoms with E-state index in [0.29, 0.717) is 25.3 Å². The summed E-state index contributed by atoms with van der Waals surface area (Å²) in [5.41, 5.74) is 4.70. The summed E-state index contributed by atoms with van der Waals surface area (Å²) in [7, 11) is 1.57. The average molecular weight is 403 g/mol. The van der Waals surface area contributed by atoms with Crippen LogP contribution in [0.5, 0.6) is 17.5 Å². The molecule has 2 aliphatic heterocycles. The van der Waals surface area contributed by atoms with Gasteiger partial charge in [-0.25, -0.2) is 9.97 Å². The molecule has 0 saturated carbocycles. The van der Waals surface area contributed by atoms with E-state index in [-0.39, 0.29) is 0 Å². The summed E-state index contributed by atoms with van der Waals surface area (Å²) in [6, 6.07) is 15.8. The lowest BCUT2D eigenvalue weighted by molar-refractivity contribution is 0.170. The molecule has 1 saturated heterocycles. The number of hydrogen-bond acceptors (Lipinski definition) is 6. The Morgan fingerprint density at radius 2 is 1.73 bits per heavy atom. The molecule has 3 aromatic rings. The van der Waals surface area contributed by atoms with Gasteiger partial charge in [-0.3, -0.25) is 4.90 Å². The topological polar surface area (TPSA) is 56.7 Å². The van der Waals surface area contributed by atoms with Crippen LogP contribution in [0.2, 0.25) is 0 Å². The van der Waals surface area contributed by atoms with Crippen molar-refractivity contribution in [3.8, 4) is 28.6 Å². The maximum Gasteiger partial charge on any atom is 0.316 e. The van der Waals surface area contributed by atoms with Crippen molar-refractivity contribution in [2.75, 3.05) is 26.9 Å². The quantitative estimate of drug-likeness (QED) is 0.634. The molecule has 1 unspecified atom stereocenters. The van der Waals surface area contributed by atoms with E-state index in [1.165, 1.54) is 24.0 Å². The molecule has 5 rings (SSSR count). The van der Waals surface area contributed by atoms with Gasteiger partial charge in [0.15, 0.2) is 11.5 Å². The molecule has 0 radical (unpaired) electrons. The van der Waals surface area contributed by atoms with Crippen molar-refractivity contribution in [2.45, 2.75) is 25.4 Å². The van der Waals surface area contributed by atoms with Crippen LogP contribution in [0.3, 0.4) is 0 Å². The third kappa shape index (κ3) is 3.83. The van der Waals surface area contributed by atoms with Gasteiger partial charge in [0.05, 0.1) is 7.11 Å². The van der Waals surface area contributed by atoms with Crippen molar-refractivity contribution in [1.82, 2.24) is 14.9 Å². The highest BCUT2D eigenvalue weighted by atomic mass is 16.6. The lowest BCUT2D eigenvalue weighted by Gasteiger charge is -2.26. The van der Waals surface area contributed by atoms with Gasteiger partial charge in [-0.2, -0.15) is 0 Å². The second-order valence-electron chi connectivity index (χ2n) is 7.69. The summed E-state index contributed by atoms with van der Waals surface area (Å²) in [6.07, 6.45) is 5.96. The maximum atomic E-state index is 5.79. The predicted octanol–water partition coefficient (Wildman–Crippen LogP) is 4.26. The number of ether oxygens (including phenoxy) is 3. The molecule has 2 aromatic carbocycles. The van der Waals surface area contributed by atoms with Crippen LogP contribution in [0.25, 0.3) is 11.1 Å². The van der Waals surface area contributed by atoms with Gasteiger partial charge in [0.25, 0.3) is 0 Å². The standard InChI is InChI=1S/C24H25N3O3/c1-28-24-25-14-20(15-26-24)18-6-4-17(5-7-18)16-27-10-2-3-21(27)19-8-9-22-23(13-19)30-12-11-29-22/h4-9,13-15,21H,2-3,10-12,16H2,1H3. The molecule has 3 heterocycles. The van der Waals surface area contributed by atoms with Crippen molar-refractivity contribution in [2.24, 2.45) is 0 Å². The lowest BCUT2D eigenvalue weighted by Crippen LogP contribution is -2.23. The molecule has 0 spiro atoms. The molecule has 0 aliphatic carbocycles. The molecule has 154 valence electrons. The van der Waals surface area contributed by atoms with Crippen LogP contribution >= 0.6 is 0 Å². The molecule has 1 aromatic heterocycles. The van der Waals surface area contributed by atoms with E-state index >= 15 is 0 Å². The van der Waals surface area contributed by atoms with Gasteiger partial charge < -0.3 is 14.2 Å². The van der Waals surface area contributed by atoms with Crippen molar-refractivity contribution in [1.29, 1.82) is 0 Å². The van der Waals surface area contributed by atoms with Gasteiger partial charge in [0, 0.05) is 30.5 Å². The number of aromatic nitrogens is 2. The number of methoxy groups -OCH3 is 1. The largest absolute Gasteiger partial charge is 0.486 e. The normalized spacial score (nSPS) is 18.4. The van der Waals surface area contributed by atoms with E-state index in [9.17, 15) is 0 Å². The Labute approximate surface area is 176 Å². The molecule has 0 amide bonds. The van der Waals surface area contributed by atoms with Crippen molar-refractivity contribution in [3.05, 3.63) is 66.0 Å². The van der Waals surface area contributed by atoms with Crippen LogP contribution in [0.1, 0.15) is 30.0 Å². The maximum absolute atomic E-state index is 5.79. The summed E-state index contributed by atoms with van der Waals surface area (Å²) in [5.74, 6) is 1.73. The number of nitrogens with zero attached hydrogens (tertiary/aromatic N) is 3. The first-order chi connectivity index (χ1) is 14.8. The third-order valence-electron chi connectivity index (χ3n) is 5.80. The SMILES string of the molecule is COc1ncc(-c2ccc(CN3CCCC3c3ccc4c(c3)OCCO4)cc2)cn1. The van der Waals surface area contributed by atoms with Crippen LogP contribution in [-0.2, 0) is 6.54 Å². The van der Waals surface area contributed by atoms with E-state index < -0.39 is 0 Å². The fraction of sp³-hybridized carbons (Fsp3) is 0.333. The molecule has 0 bridgehead atoms. The highest BCUT2D eigenvalue weighted by Crippen LogP contribution is 2.38. The average Bonchev–Trinajstić information content (AvgIpc) is 3.27. The Balaban J connectivity index is 1.30. The molecule has 2 aliphatic rings. The van der Waals surface area contributed by atoms with Gasteiger partial charge in [-0.05, 0) is 48.2 Å². The molecule has 1 fully saturated rings. The lowest BCUT2D eigenvalue weighted by atomic mass is 10.0. The van der Waals surface area contributed by atoms with E-state index in [1.54, 1.807) is 19.5 Å². The summed E-state index contributed by atoms with van der Waals surface area (Å²) in [5, 5.41) is 0. The Hall–Kier alpha value is -3.12. The van der Waals surface area contributed by atoms with Gasteiger partial charge in [-0.1, -0.05) is 30.3 Å². The van der Waals surface area contributed by atoms with Crippen LogP contribution in [0.15, 0.2) is 54.9 Å². The van der Waals surface area contributed by atoms with E-state index in [1.807, 2.05) is 6.07 Å². The fourth-order valence-electron chi connectivity index (χ4n) is 4.27. The van der Waals surface area contributed by atoms with E-state index in [0.717, 1.165) is 35.7 Å². The van der Waals surface area contributed by atoms with Crippen molar-refractivity contribution >= 4 is 0 Å². The molecule has 0 N–H and O–H groups in total. The molecular formula is C24H25N3O3. The second kappa shape index (κ2) is 8.32. The van der Waals surface area contributed by atoms with Gasteiger partial charge in [0.2, 0.25) is 0 Å². The monoisotopic (exact) mass is 403 g/mol. The van der Waals surface area contributed by atoms with E-state index in [4.69, 9.17) is 14.2 Å².